The first-order valence-corrected chi connectivity index (χ1v) is 4.54. The zero-order valence-corrected chi connectivity index (χ0v) is 8.86. The van der Waals surface area contributed by atoms with Gasteiger partial charge in [0.1, 0.15) is 0 Å². The van der Waals surface area contributed by atoms with Crippen molar-refractivity contribution < 1.29 is 14.6 Å². The molecule has 0 atom stereocenters. The topological polar surface area (TPSA) is 46.5 Å². The summed E-state index contributed by atoms with van der Waals surface area (Å²) in [4.78, 5) is 9.87. The van der Waals surface area contributed by atoms with Crippen LogP contribution in [0.3, 0.4) is 0 Å². The minimum Gasteiger partial charge on any atom is -0.450 e. The van der Waals surface area contributed by atoms with Gasteiger partial charge in [-0.1, -0.05) is 15.9 Å². The average molecular weight is 327 g/mol. The second kappa shape index (κ2) is 3.78. The summed E-state index contributed by atoms with van der Waals surface area (Å²) in [6.45, 7) is 0. The molecule has 1 N–H and O–H groups in total. The molecule has 0 aliphatic carbocycles. The van der Waals surface area contributed by atoms with Crippen LogP contribution in [0.25, 0.3) is 0 Å². The fourth-order valence-corrected chi connectivity index (χ4v) is 0.546. The first-order chi connectivity index (χ1) is 3.98. The molecule has 0 aliphatic rings. The summed E-state index contributed by atoms with van der Waals surface area (Å²) in [5, 5.41) is 8.42. The van der Waals surface area contributed by atoms with E-state index >= 15 is 0 Å². The zero-order chi connectivity index (χ0) is 7.49. The number of carboxylic acid groups (broad SMARTS) is 1. The molecule has 0 unspecified atom stereocenters. The number of hydrogen-bond acceptors (Lipinski definition) is 2. The van der Waals surface area contributed by atoms with Crippen LogP contribution in [0.2, 0.25) is 0 Å². The van der Waals surface area contributed by atoms with Crippen molar-refractivity contribution >= 4 is 53.9 Å². The standard InChI is InChI=1S/C3H3Br3O3/c4-1-3(5,6)9-2(7)8/h1H2,(H,7,8). The molecular weight excluding hydrogens is 324 g/mol. The predicted octanol–water partition coefficient (Wildman–Crippen LogP) is 2.52. The molecule has 6 heteroatoms. The molecule has 0 spiro atoms. The molecule has 0 aromatic carbocycles. The lowest BCUT2D eigenvalue weighted by molar-refractivity contribution is 0.0829. The van der Waals surface area contributed by atoms with Gasteiger partial charge in [-0.3, -0.25) is 0 Å². The van der Waals surface area contributed by atoms with E-state index in [4.69, 9.17) is 5.11 Å². The largest absolute Gasteiger partial charge is 0.507 e. The smallest absolute Gasteiger partial charge is 0.450 e. The Hall–Kier alpha value is 0.710. The quantitative estimate of drug-likeness (QED) is 0.626. The van der Waals surface area contributed by atoms with Crippen molar-refractivity contribution in [2.24, 2.45) is 0 Å². The molecule has 0 saturated carbocycles. The van der Waals surface area contributed by atoms with Crippen molar-refractivity contribution in [3.8, 4) is 0 Å². The van der Waals surface area contributed by atoms with Crippen LogP contribution in [-0.4, -0.2) is 20.0 Å². The lowest BCUT2D eigenvalue weighted by atomic mass is 10.9. The number of ether oxygens (including phenoxy) is 1. The lowest BCUT2D eigenvalue weighted by Gasteiger charge is -2.14. The van der Waals surface area contributed by atoms with Crippen molar-refractivity contribution in [2.45, 2.75) is 3.42 Å². The number of alkyl halides is 3. The highest BCUT2D eigenvalue weighted by atomic mass is 79.9. The van der Waals surface area contributed by atoms with E-state index in [9.17, 15) is 4.79 Å². The van der Waals surface area contributed by atoms with Gasteiger partial charge in [0.05, 0.1) is 5.33 Å². The molecule has 9 heavy (non-hydrogen) atoms. The third-order valence-electron chi connectivity index (χ3n) is 0.392. The van der Waals surface area contributed by atoms with Crippen LogP contribution in [0.1, 0.15) is 0 Å². The molecule has 0 fully saturated rings. The van der Waals surface area contributed by atoms with Gasteiger partial charge in [-0.05, 0) is 31.9 Å². The lowest BCUT2D eigenvalue weighted by Crippen LogP contribution is -2.21. The Morgan fingerprint density at radius 1 is 1.67 bits per heavy atom. The van der Waals surface area contributed by atoms with Crippen LogP contribution < -0.4 is 0 Å². The minimum absolute atomic E-state index is 0.340. The first kappa shape index (κ1) is 9.71. The summed E-state index contributed by atoms with van der Waals surface area (Å²) >= 11 is 8.91. The van der Waals surface area contributed by atoms with Gasteiger partial charge >= 0.3 is 6.16 Å². The van der Waals surface area contributed by atoms with E-state index < -0.39 is 9.57 Å². The van der Waals surface area contributed by atoms with Crippen LogP contribution in [-0.2, 0) is 4.74 Å². The first-order valence-electron chi connectivity index (χ1n) is 1.83. The third kappa shape index (κ3) is 5.17. The number of hydrogen-bond donors (Lipinski definition) is 1. The maximum Gasteiger partial charge on any atom is 0.507 e. The Bertz CT molecular complexity index is 113. The van der Waals surface area contributed by atoms with E-state index in [-0.39, 0.29) is 0 Å². The van der Waals surface area contributed by atoms with Crippen LogP contribution in [0.5, 0.6) is 0 Å². The Morgan fingerprint density at radius 2 is 2.11 bits per heavy atom. The summed E-state index contributed by atoms with van der Waals surface area (Å²) in [5.41, 5.74) is 0. The van der Waals surface area contributed by atoms with E-state index in [1.165, 1.54) is 0 Å². The fourth-order valence-electron chi connectivity index (χ4n) is 0.155. The normalized spacial score (nSPS) is 11.0. The monoisotopic (exact) mass is 324 g/mol. The Kier molecular flexibility index (Phi) is 4.07. The highest BCUT2D eigenvalue weighted by Crippen LogP contribution is 2.29. The Labute approximate surface area is 77.1 Å². The molecule has 0 rings (SSSR count). The van der Waals surface area contributed by atoms with Crippen molar-refractivity contribution in [2.75, 3.05) is 5.33 Å². The van der Waals surface area contributed by atoms with Crippen molar-refractivity contribution in [3.05, 3.63) is 0 Å². The van der Waals surface area contributed by atoms with Crippen molar-refractivity contribution in [1.82, 2.24) is 0 Å². The maximum absolute atomic E-state index is 9.87. The molecule has 0 saturated heterocycles. The molecule has 0 aromatic rings. The average Bonchev–Trinajstić information content (AvgIpc) is 1.63. The van der Waals surface area contributed by atoms with Crippen LogP contribution in [0.15, 0.2) is 0 Å². The minimum atomic E-state index is -1.33. The van der Waals surface area contributed by atoms with E-state index in [2.05, 4.69) is 52.5 Å². The number of rotatable bonds is 2. The highest BCUT2D eigenvalue weighted by Gasteiger charge is 2.25. The Balaban J connectivity index is 3.71. The van der Waals surface area contributed by atoms with Crippen LogP contribution in [0.4, 0.5) is 4.79 Å². The molecule has 0 heterocycles. The van der Waals surface area contributed by atoms with Gasteiger partial charge in [-0.25, -0.2) is 4.79 Å². The van der Waals surface area contributed by atoms with E-state index in [1.807, 2.05) is 0 Å². The molecule has 0 aromatic heterocycles. The van der Waals surface area contributed by atoms with E-state index in [0.29, 0.717) is 5.33 Å². The summed E-state index contributed by atoms with van der Waals surface area (Å²) < 4.78 is 3.30. The molecule has 0 bridgehead atoms. The van der Waals surface area contributed by atoms with Crippen molar-refractivity contribution in [3.63, 3.8) is 0 Å². The number of halogens is 3. The molecule has 0 aliphatic heterocycles. The van der Waals surface area contributed by atoms with Crippen LogP contribution in [0, 0.1) is 0 Å². The van der Waals surface area contributed by atoms with Gasteiger partial charge in [-0.15, -0.1) is 0 Å². The summed E-state index contributed by atoms with van der Waals surface area (Å²) in [7, 11) is 0. The molecular formula is C3H3Br3O3. The molecule has 3 nitrogen and oxygen atoms in total. The summed E-state index contributed by atoms with van der Waals surface area (Å²) in [6.07, 6.45) is -1.33. The number of carbonyl (C=O) groups is 1. The highest BCUT2D eigenvalue weighted by molar-refractivity contribution is 9.26. The molecule has 54 valence electrons. The second-order valence-electron chi connectivity index (χ2n) is 1.14. The summed E-state index contributed by atoms with van der Waals surface area (Å²) in [5.74, 6) is 0. The van der Waals surface area contributed by atoms with E-state index in [1.54, 1.807) is 0 Å². The van der Waals surface area contributed by atoms with Gasteiger partial charge in [0, 0.05) is 0 Å². The maximum atomic E-state index is 9.87. The predicted molar refractivity (Wildman–Crippen MR) is 43.5 cm³/mol. The van der Waals surface area contributed by atoms with Crippen molar-refractivity contribution in [1.29, 1.82) is 0 Å². The van der Waals surface area contributed by atoms with Gasteiger partial charge in [0.25, 0.3) is 0 Å². The van der Waals surface area contributed by atoms with Gasteiger partial charge in [0.2, 0.25) is 3.42 Å². The Morgan fingerprint density at radius 3 is 2.22 bits per heavy atom. The van der Waals surface area contributed by atoms with Gasteiger partial charge in [-0.2, -0.15) is 0 Å². The molecule has 0 amide bonds. The third-order valence-corrected chi connectivity index (χ3v) is 3.57. The van der Waals surface area contributed by atoms with Gasteiger partial charge < -0.3 is 9.84 Å². The SMILES string of the molecule is O=C(O)OC(Br)(Br)CBr. The fraction of sp³-hybridized carbons (Fsp3) is 0.667. The molecule has 0 radical (unpaired) electrons. The van der Waals surface area contributed by atoms with Gasteiger partial charge in [0.15, 0.2) is 0 Å². The zero-order valence-electron chi connectivity index (χ0n) is 4.10. The summed E-state index contributed by atoms with van der Waals surface area (Å²) in [6, 6.07) is 0. The van der Waals surface area contributed by atoms with E-state index in [0.717, 1.165) is 0 Å². The van der Waals surface area contributed by atoms with Crippen LogP contribution >= 0.6 is 47.8 Å². The second-order valence-corrected chi connectivity index (χ2v) is 5.33.